The van der Waals surface area contributed by atoms with Crippen molar-refractivity contribution in [3.63, 3.8) is 0 Å². The molecule has 0 unspecified atom stereocenters. The SMILES string of the molecule is CC(C)N(CCC(=N)N)CC1CCC1. The largest absolute Gasteiger partial charge is 0.388 e. The highest BCUT2D eigenvalue weighted by atomic mass is 15.1. The smallest absolute Gasteiger partial charge is 0.0918 e. The second-order valence-corrected chi connectivity index (χ2v) is 4.66. The molecule has 3 N–H and O–H groups in total. The molecule has 0 aromatic carbocycles. The highest BCUT2D eigenvalue weighted by Crippen LogP contribution is 2.27. The number of hydrogen-bond donors (Lipinski definition) is 2. The molecule has 82 valence electrons. The van der Waals surface area contributed by atoms with Crippen LogP contribution >= 0.6 is 0 Å². The van der Waals surface area contributed by atoms with Gasteiger partial charge in [0.1, 0.15) is 0 Å². The molecule has 0 atom stereocenters. The number of nitrogens with zero attached hydrogens (tertiary/aromatic N) is 1. The van der Waals surface area contributed by atoms with E-state index in [1.807, 2.05) is 0 Å². The Hall–Kier alpha value is -0.570. The molecule has 0 bridgehead atoms. The molecule has 0 saturated heterocycles. The van der Waals surface area contributed by atoms with Crippen LogP contribution in [-0.4, -0.2) is 29.9 Å². The zero-order valence-corrected chi connectivity index (χ0v) is 9.42. The lowest BCUT2D eigenvalue weighted by atomic mass is 9.85. The molecule has 1 fully saturated rings. The zero-order chi connectivity index (χ0) is 10.6. The lowest BCUT2D eigenvalue weighted by Crippen LogP contribution is -2.39. The lowest BCUT2D eigenvalue weighted by molar-refractivity contribution is 0.150. The van der Waals surface area contributed by atoms with E-state index in [4.69, 9.17) is 11.1 Å². The number of hydrogen-bond acceptors (Lipinski definition) is 2. The number of amidine groups is 1. The minimum absolute atomic E-state index is 0.309. The average Bonchev–Trinajstić information content (AvgIpc) is 1.99. The van der Waals surface area contributed by atoms with E-state index < -0.39 is 0 Å². The fourth-order valence-corrected chi connectivity index (χ4v) is 1.83. The average molecular weight is 197 g/mol. The van der Waals surface area contributed by atoms with Crippen LogP contribution in [0, 0.1) is 11.3 Å². The zero-order valence-electron chi connectivity index (χ0n) is 9.42. The van der Waals surface area contributed by atoms with Crippen molar-refractivity contribution in [2.24, 2.45) is 11.7 Å². The van der Waals surface area contributed by atoms with Gasteiger partial charge in [0.2, 0.25) is 0 Å². The van der Waals surface area contributed by atoms with E-state index in [2.05, 4.69) is 18.7 Å². The molecule has 3 nitrogen and oxygen atoms in total. The first kappa shape index (κ1) is 11.5. The van der Waals surface area contributed by atoms with Crippen molar-refractivity contribution in [3.8, 4) is 0 Å². The van der Waals surface area contributed by atoms with E-state index in [9.17, 15) is 0 Å². The van der Waals surface area contributed by atoms with Gasteiger partial charge in [-0.05, 0) is 32.6 Å². The van der Waals surface area contributed by atoms with Crippen molar-refractivity contribution in [2.45, 2.75) is 45.6 Å². The van der Waals surface area contributed by atoms with E-state index in [-0.39, 0.29) is 0 Å². The summed E-state index contributed by atoms with van der Waals surface area (Å²) in [6.45, 7) is 6.59. The second kappa shape index (κ2) is 5.35. The van der Waals surface area contributed by atoms with Gasteiger partial charge < -0.3 is 10.6 Å². The van der Waals surface area contributed by atoms with Crippen molar-refractivity contribution in [3.05, 3.63) is 0 Å². The third-order valence-electron chi connectivity index (χ3n) is 3.12. The lowest BCUT2D eigenvalue weighted by Gasteiger charge is -2.34. The van der Waals surface area contributed by atoms with Crippen LogP contribution in [0.1, 0.15) is 39.5 Å². The summed E-state index contributed by atoms with van der Waals surface area (Å²) in [6.07, 6.45) is 4.90. The van der Waals surface area contributed by atoms with Gasteiger partial charge in [-0.2, -0.15) is 0 Å². The highest BCUT2D eigenvalue weighted by Gasteiger charge is 2.21. The summed E-state index contributed by atoms with van der Waals surface area (Å²) in [6, 6.07) is 0.579. The molecule has 1 aliphatic rings. The van der Waals surface area contributed by atoms with Gasteiger partial charge in [-0.3, -0.25) is 5.41 Å². The Morgan fingerprint density at radius 1 is 1.50 bits per heavy atom. The van der Waals surface area contributed by atoms with Gasteiger partial charge in [0.05, 0.1) is 5.84 Å². The Kier molecular flexibility index (Phi) is 4.39. The second-order valence-electron chi connectivity index (χ2n) is 4.66. The monoisotopic (exact) mass is 197 g/mol. The van der Waals surface area contributed by atoms with Crippen molar-refractivity contribution in [1.29, 1.82) is 5.41 Å². The molecule has 0 aromatic heterocycles. The summed E-state index contributed by atoms with van der Waals surface area (Å²) in [4.78, 5) is 2.45. The Labute approximate surface area is 87.2 Å². The molecular formula is C11H23N3. The Balaban J connectivity index is 2.26. The fraction of sp³-hybridized carbons (Fsp3) is 0.909. The van der Waals surface area contributed by atoms with Gasteiger partial charge in [0, 0.05) is 25.6 Å². The number of rotatable bonds is 6. The maximum Gasteiger partial charge on any atom is 0.0918 e. The van der Waals surface area contributed by atoms with Crippen molar-refractivity contribution >= 4 is 5.84 Å². The summed E-state index contributed by atoms with van der Waals surface area (Å²) >= 11 is 0. The number of nitrogens with two attached hydrogens (primary N) is 1. The minimum Gasteiger partial charge on any atom is -0.388 e. The van der Waals surface area contributed by atoms with Crippen LogP contribution in [-0.2, 0) is 0 Å². The Bertz CT molecular complexity index is 185. The minimum atomic E-state index is 0.309. The van der Waals surface area contributed by atoms with E-state index in [0.717, 1.165) is 12.5 Å². The van der Waals surface area contributed by atoms with Crippen LogP contribution in [0.25, 0.3) is 0 Å². The molecule has 14 heavy (non-hydrogen) atoms. The summed E-state index contributed by atoms with van der Waals surface area (Å²) in [7, 11) is 0. The summed E-state index contributed by atoms with van der Waals surface area (Å²) < 4.78 is 0. The molecule has 1 saturated carbocycles. The Morgan fingerprint density at radius 2 is 2.14 bits per heavy atom. The molecule has 0 heterocycles. The fourth-order valence-electron chi connectivity index (χ4n) is 1.83. The van der Waals surface area contributed by atoms with Crippen molar-refractivity contribution < 1.29 is 0 Å². The van der Waals surface area contributed by atoms with Crippen LogP contribution in [0.5, 0.6) is 0 Å². The first-order chi connectivity index (χ1) is 6.59. The first-order valence-corrected chi connectivity index (χ1v) is 5.66. The van der Waals surface area contributed by atoms with Crippen molar-refractivity contribution in [2.75, 3.05) is 13.1 Å². The van der Waals surface area contributed by atoms with E-state index in [1.54, 1.807) is 0 Å². The third kappa shape index (κ3) is 3.66. The van der Waals surface area contributed by atoms with E-state index >= 15 is 0 Å². The van der Waals surface area contributed by atoms with Crippen LogP contribution in [0.3, 0.4) is 0 Å². The van der Waals surface area contributed by atoms with E-state index in [1.165, 1.54) is 25.8 Å². The quantitative estimate of drug-likeness (QED) is 0.504. The molecule has 0 aliphatic heterocycles. The van der Waals surface area contributed by atoms with Crippen LogP contribution in [0.2, 0.25) is 0 Å². The standard InChI is InChI=1S/C11H23N3/c1-9(2)14(7-6-11(12)13)8-10-4-3-5-10/h9-10H,3-8H2,1-2H3,(H3,12,13). The third-order valence-corrected chi connectivity index (χ3v) is 3.12. The van der Waals surface area contributed by atoms with Gasteiger partial charge in [-0.1, -0.05) is 6.42 Å². The van der Waals surface area contributed by atoms with Gasteiger partial charge in [-0.15, -0.1) is 0 Å². The summed E-state index contributed by atoms with van der Waals surface area (Å²) in [5, 5.41) is 7.22. The van der Waals surface area contributed by atoms with Crippen LogP contribution in [0.4, 0.5) is 0 Å². The molecule has 0 amide bonds. The normalized spacial score (nSPS) is 17.4. The predicted octanol–water partition coefficient (Wildman–Crippen LogP) is 1.82. The number of nitrogens with one attached hydrogen (secondary N) is 1. The van der Waals surface area contributed by atoms with Gasteiger partial charge in [-0.25, -0.2) is 0 Å². The molecule has 1 aliphatic carbocycles. The molecule has 0 radical (unpaired) electrons. The maximum absolute atomic E-state index is 7.22. The van der Waals surface area contributed by atoms with Crippen LogP contribution in [0.15, 0.2) is 0 Å². The highest BCUT2D eigenvalue weighted by molar-refractivity contribution is 5.76. The summed E-state index contributed by atoms with van der Waals surface area (Å²) in [5.74, 6) is 1.22. The molecular weight excluding hydrogens is 174 g/mol. The molecule has 1 rings (SSSR count). The molecule has 0 aromatic rings. The maximum atomic E-state index is 7.22. The summed E-state index contributed by atoms with van der Waals surface area (Å²) in [5.41, 5.74) is 5.37. The Morgan fingerprint density at radius 3 is 2.50 bits per heavy atom. The molecule has 3 heteroatoms. The topological polar surface area (TPSA) is 53.1 Å². The van der Waals surface area contributed by atoms with Gasteiger partial charge in [0.25, 0.3) is 0 Å². The van der Waals surface area contributed by atoms with Crippen LogP contribution < -0.4 is 5.73 Å². The first-order valence-electron chi connectivity index (χ1n) is 5.66. The van der Waals surface area contributed by atoms with Gasteiger partial charge in [0.15, 0.2) is 0 Å². The van der Waals surface area contributed by atoms with Crippen molar-refractivity contribution in [1.82, 2.24) is 4.90 Å². The van der Waals surface area contributed by atoms with Gasteiger partial charge >= 0.3 is 0 Å². The molecule has 0 spiro atoms. The predicted molar refractivity (Wildman–Crippen MR) is 60.6 cm³/mol. The van der Waals surface area contributed by atoms with E-state index in [0.29, 0.717) is 18.3 Å².